The van der Waals surface area contributed by atoms with Gasteiger partial charge in [0.05, 0.1) is 2.87 Å². The van der Waals surface area contributed by atoms with E-state index in [0.29, 0.717) is 0 Å². The van der Waals surface area contributed by atoms with Crippen LogP contribution in [0.1, 0.15) is 6.92 Å². The normalized spacial score (nSPS) is 12.2. The SMILES string of the molecule is CC(N)=C(C(=O)O)C(=S)I. The average Bonchev–Trinajstić information content (AvgIpc) is 1.59. The van der Waals surface area contributed by atoms with Crippen LogP contribution in [-0.2, 0) is 4.79 Å². The largest absolute Gasteiger partial charge is 0.478 e. The molecule has 0 aromatic heterocycles. The van der Waals surface area contributed by atoms with Crippen LogP contribution in [0.5, 0.6) is 0 Å². The number of halogens is 1. The maximum atomic E-state index is 10.4. The lowest BCUT2D eigenvalue weighted by Gasteiger charge is -1.98. The molecule has 0 radical (unpaired) electrons. The molecule has 3 N–H and O–H groups in total. The van der Waals surface area contributed by atoms with Crippen LogP contribution in [0.3, 0.4) is 0 Å². The Hall–Kier alpha value is -0.170. The molecule has 0 saturated heterocycles. The number of nitrogens with two attached hydrogens (primary N) is 1. The van der Waals surface area contributed by atoms with E-state index in [1.54, 1.807) is 22.6 Å². The Morgan fingerprint density at radius 3 is 2.10 bits per heavy atom. The van der Waals surface area contributed by atoms with E-state index in [2.05, 4.69) is 12.2 Å². The number of hydrogen-bond acceptors (Lipinski definition) is 3. The molecule has 0 spiro atoms. The molecule has 0 fully saturated rings. The van der Waals surface area contributed by atoms with Crippen molar-refractivity contribution in [1.82, 2.24) is 0 Å². The number of hydrogen-bond donors (Lipinski definition) is 2. The number of allylic oxidation sites excluding steroid dienone is 1. The molecule has 0 rings (SSSR count). The molecule has 10 heavy (non-hydrogen) atoms. The highest BCUT2D eigenvalue weighted by atomic mass is 127. The van der Waals surface area contributed by atoms with E-state index >= 15 is 0 Å². The van der Waals surface area contributed by atoms with Crippen molar-refractivity contribution < 1.29 is 9.90 Å². The second-order valence-electron chi connectivity index (χ2n) is 1.64. The van der Waals surface area contributed by atoms with Gasteiger partial charge in [0.25, 0.3) is 0 Å². The van der Waals surface area contributed by atoms with Gasteiger partial charge in [0.15, 0.2) is 0 Å². The third-order valence-electron chi connectivity index (χ3n) is 0.805. The zero-order chi connectivity index (χ0) is 8.31. The summed E-state index contributed by atoms with van der Waals surface area (Å²) in [5.74, 6) is -1.07. The number of thiocarbonyl (C=S) groups is 1. The number of carbonyl (C=O) groups is 1. The van der Waals surface area contributed by atoms with Crippen LogP contribution < -0.4 is 5.73 Å². The molecule has 0 unspecified atom stereocenters. The number of carboxylic acids is 1. The van der Waals surface area contributed by atoms with E-state index in [1.807, 2.05) is 0 Å². The van der Waals surface area contributed by atoms with Gasteiger partial charge in [-0.2, -0.15) is 0 Å². The maximum absolute atomic E-state index is 10.4. The second-order valence-corrected chi connectivity index (χ2v) is 3.86. The minimum absolute atomic E-state index is 0.0237. The van der Waals surface area contributed by atoms with Crippen LogP contribution >= 0.6 is 34.8 Å². The highest BCUT2D eigenvalue weighted by Crippen LogP contribution is 2.08. The molecular formula is C5H6INO2S. The fourth-order valence-corrected chi connectivity index (χ4v) is 1.31. The van der Waals surface area contributed by atoms with Gasteiger partial charge < -0.3 is 10.8 Å². The van der Waals surface area contributed by atoms with Crippen molar-refractivity contribution in [2.45, 2.75) is 6.92 Å². The van der Waals surface area contributed by atoms with Crippen molar-refractivity contribution in [2.24, 2.45) is 5.73 Å². The third kappa shape index (κ3) is 2.61. The smallest absolute Gasteiger partial charge is 0.339 e. The molecule has 3 nitrogen and oxygen atoms in total. The molecule has 0 aliphatic heterocycles. The van der Waals surface area contributed by atoms with Crippen molar-refractivity contribution in [1.29, 1.82) is 0 Å². The number of rotatable bonds is 2. The van der Waals surface area contributed by atoms with Gasteiger partial charge in [0, 0.05) is 5.70 Å². The van der Waals surface area contributed by atoms with Crippen molar-refractivity contribution in [3.05, 3.63) is 11.3 Å². The standard InChI is InChI=1S/C5H6INO2S/c1-2(7)3(4(6)10)5(8)9/h7H2,1H3,(H,8,9). The van der Waals surface area contributed by atoms with Crippen LogP contribution in [0.15, 0.2) is 11.3 Å². The summed E-state index contributed by atoms with van der Waals surface area (Å²) in [7, 11) is 0. The van der Waals surface area contributed by atoms with Gasteiger partial charge in [0.2, 0.25) is 0 Å². The molecule has 0 amide bonds. The molecule has 56 valence electrons. The van der Waals surface area contributed by atoms with Gasteiger partial charge in [-0.25, -0.2) is 4.79 Å². The van der Waals surface area contributed by atoms with Gasteiger partial charge in [0.1, 0.15) is 5.57 Å². The average molecular weight is 271 g/mol. The first-order valence-corrected chi connectivity index (χ1v) is 3.85. The monoisotopic (exact) mass is 271 g/mol. The zero-order valence-electron chi connectivity index (χ0n) is 5.22. The quantitative estimate of drug-likeness (QED) is 0.341. The Morgan fingerprint density at radius 2 is 2.10 bits per heavy atom. The molecule has 0 aliphatic rings. The molecule has 0 aromatic carbocycles. The van der Waals surface area contributed by atoms with E-state index in [4.69, 9.17) is 10.8 Å². The van der Waals surface area contributed by atoms with Crippen LogP contribution in [0.25, 0.3) is 0 Å². The van der Waals surface area contributed by atoms with Crippen LogP contribution in [0.2, 0.25) is 0 Å². The molecule has 0 bridgehead atoms. The van der Waals surface area contributed by atoms with Crippen molar-refractivity contribution >= 4 is 43.6 Å². The van der Waals surface area contributed by atoms with Crippen LogP contribution in [0, 0.1) is 0 Å². The van der Waals surface area contributed by atoms with Gasteiger partial charge in [-0.3, -0.25) is 0 Å². The van der Waals surface area contributed by atoms with E-state index in [9.17, 15) is 4.79 Å². The highest BCUT2D eigenvalue weighted by molar-refractivity contribution is 14.1. The highest BCUT2D eigenvalue weighted by Gasteiger charge is 2.12. The van der Waals surface area contributed by atoms with E-state index in [1.165, 1.54) is 6.92 Å². The second kappa shape index (κ2) is 3.87. The Kier molecular flexibility index (Phi) is 3.80. The minimum Gasteiger partial charge on any atom is -0.478 e. The first-order valence-electron chi connectivity index (χ1n) is 2.36. The molecule has 0 atom stereocenters. The van der Waals surface area contributed by atoms with Crippen molar-refractivity contribution in [3.8, 4) is 0 Å². The summed E-state index contributed by atoms with van der Waals surface area (Å²) < 4.78 is 0.283. The van der Waals surface area contributed by atoms with Crippen molar-refractivity contribution in [2.75, 3.05) is 0 Å². The summed E-state index contributed by atoms with van der Waals surface area (Å²) in [6.07, 6.45) is 0. The number of aliphatic carboxylic acids is 1. The van der Waals surface area contributed by atoms with Crippen LogP contribution in [0.4, 0.5) is 0 Å². The zero-order valence-corrected chi connectivity index (χ0v) is 8.19. The third-order valence-corrected chi connectivity index (χ3v) is 1.55. The molecule has 0 aliphatic carbocycles. The summed E-state index contributed by atoms with van der Waals surface area (Å²) in [6, 6.07) is 0. The van der Waals surface area contributed by atoms with E-state index in [-0.39, 0.29) is 14.1 Å². The topological polar surface area (TPSA) is 63.3 Å². The van der Waals surface area contributed by atoms with E-state index in [0.717, 1.165) is 0 Å². The molecular weight excluding hydrogens is 265 g/mol. The lowest BCUT2D eigenvalue weighted by molar-refractivity contribution is -0.132. The summed E-state index contributed by atoms with van der Waals surface area (Å²) in [5, 5.41) is 8.48. The summed E-state index contributed by atoms with van der Waals surface area (Å²) >= 11 is 6.39. The summed E-state index contributed by atoms with van der Waals surface area (Å²) in [5.41, 5.74) is 5.51. The summed E-state index contributed by atoms with van der Waals surface area (Å²) in [4.78, 5) is 10.4. The first kappa shape index (κ1) is 9.83. The van der Waals surface area contributed by atoms with Gasteiger partial charge >= 0.3 is 5.97 Å². The fraction of sp³-hybridized carbons (Fsp3) is 0.200. The van der Waals surface area contributed by atoms with E-state index < -0.39 is 5.97 Å². The van der Waals surface area contributed by atoms with Gasteiger partial charge in [-0.15, -0.1) is 0 Å². The molecule has 0 aromatic rings. The number of carboxylic acid groups (broad SMARTS) is 1. The lowest BCUT2D eigenvalue weighted by Crippen LogP contribution is -2.11. The van der Waals surface area contributed by atoms with Crippen LogP contribution in [-0.4, -0.2) is 13.9 Å². The Bertz CT molecular complexity index is 192. The minimum atomic E-state index is -1.07. The van der Waals surface area contributed by atoms with Gasteiger partial charge in [-0.1, -0.05) is 12.2 Å². The Labute approximate surface area is 77.4 Å². The summed E-state index contributed by atoms with van der Waals surface area (Å²) in [6.45, 7) is 1.51. The predicted octanol–water partition coefficient (Wildman–Crippen LogP) is 1.07. The fourth-order valence-electron chi connectivity index (χ4n) is 0.408. The Balaban J connectivity index is 4.79. The lowest BCUT2D eigenvalue weighted by atomic mass is 10.2. The first-order chi connectivity index (χ1) is 4.46. The molecule has 5 heteroatoms. The predicted molar refractivity (Wildman–Crippen MR) is 51.1 cm³/mol. The molecule has 0 heterocycles. The maximum Gasteiger partial charge on any atom is 0.339 e. The van der Waals surface area contributed by atoms with Crippen molar-refractivity contribution in [3.63, 3.8) is 0 Å². The van der Waals surface area contributed by atoms with Gasteiger partial charge in [-0.05, 0) is 29.5 Å². The molecule has 0 saturated carbocycles. The Morgan fingerprint density at radius 1 is 1.70 bits per heavy atom.